The molecule has 1 aliphatic carbocycles. The third kappa shape index (κ3) is 10.9. The molecule has 10 heteroatoms. The predicted molar refractivity (Wildman–Crippen MR) is 135 cm³/mol. The van der Waals surface area contributed by atoms with Gasteiger partial charge in [0.15, 0.2) is 6.10 Å². The van der Waals surface area contributed by atoms with Crippen LogP contribution in [0.25, 0.3) is 0 Å². The van der Waals surface area contributed by atoms with Gasteiger partial charge in [0.05, 0.1) is 12.5 Å². The minimum Gasteiger partial charge on any atom is -0.464 e. The first-order valence-corrected chi connectivity index (χ1v) is 12.8. The highest BCUT2D eigenvalue weighted by atomic mass is 16.5. The number of aliphatic hydroxyl groups is 3. The molecule has 5 atom stereocenters. The molecule has 1 fully saturated rings. The Morgan fingerprint density at radius 3 is 2.14 bits per heavy atom. The van der Waals surface area contributed by atoms with E-state index in [0.717, 1.165) is 32.1 Å². The molecule has 1 aliphatic rings. The second-order valence-corrected chi connectivity index (χ2v) is 10.9. The van der Waals surface area contributed by atoms with Gasteiger partial charge in [-0.3, -0.25) is 14.4 Å². The summed E-state index contributed by atoms with van der Waals surface area (Å²) in [6, 6.07) is -0.959. The average molecular weight is 515 g/mol. The number of carbonyl (C=O) groups excluding carboxylic acids is 3. The Balaban J connectivity index is 2.64. The van der Waals surface area contributed by atoms with E-state index in [2.05, 4.69) is 10.6 Å². The van der Waals surface area contributed by atoms with Crippen LogP contribution < -0.4 is 10.6 Å². The van der Waals surface area contributed by atoms with Gasteiger partial charge in [0.25, 0.3) is 5.91 Å². The summed E-state index contributed by atoms with van der Waals surface area (Å²) in [7, 11) is 1.18. The number of ether oxygens (including phenoxy) is 2. The number of amides is 2. The van der Waals surface area contributed by atoms with E-state index < -0.39 is 42.3 Å². The van der Waals surface area contributed by atoms with Crippen molar-refractivity contribution in [2.75, 3.05) is 20.3 Å². The summed E-state index contributed by atoms with van der Waals surface area (Å²) >= 11 is 0. The van der Waals surface area contributed by atoms with Gasteiger partial charge in [-0.25, -0.2) is 0 Å². The van der Waals surface area contributed by atoms with Crippen molar-refractivity contribution in [3.05, 3.63) is 12.2 Å². The van der Waals surface area contributed by atoms with Crippen LogP contribution in [0.15, 0.2) is 12.2 Å². The van der Waals surface area contributed by atoms with Crippen molar-refractivity contribution in [2.45, 2.75) is 97.2 Å². The molecule has 0 aliphatic heterocycles. The molecule has 0 radical (unpaired) electrons. The number of esters is 1. The minimum atomic E-state index is -1.75. The van der Waals surface area contributed by atoms with E-state index in [4.69, 9.17) is 9.47 Å². The Labute approximate surface area is 214 Å². The van der Waals surface area contributed by atoms with Crippen molar-refractivity contribution in [1.82, 2.24) is 10.6 Å². The number of nitrogens with one attached hydrogen (secondary N) is 2. The Kier molecular flexibility index (Phi) is 13.6. The highest BCUT2D eigenvalue weighted by Gasteiger charge is 2.37. The molecule has 0 saturated heterocycles. The van der Waals surface area contributed by atoms with Gasteiger partial charge < -0.3 is 35.4 Å². The Hall–Kier alpha value is -2.01. The summed E-state index contributed by atoms with van der Waals surface area (Å²) in [5.74, 6) is -1.92. The van der Waals surface area contributed by atoms with E-state index in [1.165, 1.54) is 13.2 Å². The van der Waals surface area contributed by atoms with Crippen molar-refractivity contribution >= 4 is 17.8 Å². The molecule has 1 rings (SSSR count). The zero-order chi connectivity index (χ0) is 27.5. The average Bonchev–Trinajstić information content (AvgIpc) is 2.83. The first kappa shape index (κ1) is 32.0. The first-order chi connectivity index (χ1) is 16.8. The number of carbonyl (C=O) groups is 3. The van der Waals surface area contributed by atoms with Crippen molar-refractivity contribution in [3.63, 3.8) is 0 Å². The fraction of sp³-hybridized carbons (Fsp3) is 0.808. The summed E-state index contributed by atoms with van der Waals surface area (Å²) in [6.45, 7) is 9.32. The van der Waals surface area contributed by atoms with Crippen molar-refractivity contribution in [3.8, 4) is 0 Å². The molecule has 0 aromatic heterocycles. The molecule has 5 N–H and O–H groups in total. The monoisotopic (exact) mass is 514 g/mol. The van der Waals surface area contributed by atoms with E-state index in [1.54, 1.807) is 19.9 Å². The molecule has 10 nitrogen and oxygen atoms in total. The van der Waals surface area contributed by atoms with Gasteiger partial charge >= 0.3 is 5.97 Å². The summed E-state index contributed by atoms with van der Waals surface area (Å²) in [5, 5.41) is 36.2. The molecule has 0 spiro atoms. The third-order valence-corrected chi connectivity index (χ3v) is 6.15. The van der Waals surface area contributed by atoms with Crippen LogP contribution in [0.2, 0.25) is 0 Å². The largest absolute Gasteiger partial charge is 0.464 e. The highest BCUT2D eigenvalue weighted by molar-refractivity contribution is 5.89. The molecule has 1 saturated carbocycles. The molecule has 0 bridgehead atoms. The van der Waals surface area contributed by atoms with Gasteiger partial charge in [0.1, 0.15) is 31.0 Å². The quantitative estimate of drug-likeness (QED) is 0.139. The van der Waals surface area contributed by atoms with Crippen molar-refractivity contribution < 1.29 is 39.2 Å². The van der Waals surface area contributed by atoms with Crippen LogP contribution in [0, 0.1) is 17.3 Å². The van der Waals surface area contributed by atoms with Gasteiger partial charge in [0.2, 0.25) is 5.91 Å². The van der Waals surface area contributed by atoms with E-state index in [-0.39, 0.29) is 36.4 Å². The van der Waals surface area contributed by atoms with Gasteiger partial charge in [-0.05, 0) is 24.2 Å². The predicted octanol–water partition coefficient (Wildman–Crippen LogP) is 1.07. The van der Waals surface area contributed by atoms with Crippen LogP contribution in [0.1, 0.15) is 66.7 Å². The summed E-state index contributed by atoms with van der Waals surface area (Å²) < 4.78 is 10.4. The van der Waals surface area contributed by atoms with E-state index in [9.17, 15) is 29.7 Å². The number of allylic oxidation sites excluding steroid dienone is 1. The number of rotatable bonds is 13. The Bertz CT molecular complexity index is 728. The molecule has 0 aromatic carbocycles. The van der Waals surface area contributed by atoms with Crippen LogP contribution in [0.5, 0.6) is 0 Å². The lowest BCUT2D eigenvalue weighted by Gasteiger charge is -2.29. The number of methoxy groups -OCH3 is 1. The van der Waals surface area contributed by atoms with Crippen LogP contribution in [0.3, 0.4) is 0 Å². The molecule has 0 heterocycles. The molecule has 0 aromatic rings. The third-order valence-electron chi connectivity index (χ3n) is 6.15. The van der Waals surface area contributed by atoms with Gasteiger partial charge in [0, 0.05) is 7.11 Å². The van der Waals surface area contributed by atoms with E-state index in [0.29, 0.717) is 0 Å². The SMILES string of the molecule is CO[C@@H](C(=O)N[C@H](C(=O)NCCOC(=O)C1CCCCC1)C(C)C)[C@H](O)[C@@H](O)[C@H](O)C=CC(C)(C)C. The molecule has 2 amide bonds. The zero-order valence-corrected chi connectivity index (χ0v) is 22.5. The molecular formula is C26H46N2O8. The second-order valence-electron chi connectivity index (χ2n) is 10.9. The van der Waals surface area contributed by atoms with Gasteiger partial charge in [-0.15, -0.1) is 0 Å². The Morgan fingerprint density at radius 1 is 1.00 bits per heavy atom. The highest BCUT2D eigenvalue weighted by Crippen LogP contribution is 2.24. The minimum absolute atomic E-state index is 0.0331. The maximum atomic E-state index is 12.8. The topological polar surface area (TPSA) is 154 Å². The lowest BCUT2D eigenvalue weighted by atomic mass is 9.89. The van der Waals surface area contributed by atoms with Crippen LogP contribution >= 0.6 is 0 Å². The van der Waals surface area contributed by atoms with Gasteiger partial charge in [-0.2, -0.15) is 0 Å². The van der Waals surface area contributed by atoms with Crippen LogP contribution in [-0.4, -0.2) is 83.8 Å². The number of aliphatic hydroxyl groups excluding tert-OH is 3. The fourth-order valence-corrected chi connectivity index (χ4v) is 3.95. The zero-order valence-electron chi connectivity index (χ0n) is 22.5. The first-order valence-electron chi connectivity index (χ1n) is 12.8. The summed E-state index contributed by atoms with van der Waals surface area (Å²) in [6.07, 6.45) is 1.49. The van der Waals surface area contributed by atoms with Crippen LogP contribution in [-0.2, 0) is 23.9 Å². The molecular weight excluding hydrogens is 468 g/mol. The molecule has 36 heavy (non-hydrogen) atoms. The standard InChI is InChI=1S/C26H46N2O8/c1-16(2)19(23(32)27-14-15-36-25(34)17-10-8-7-9-11-17)28-24(33)22(35-6)21(31)20(30)18(29)12-13-26(3,4)5/h12-13,16-22,29-31H,7-11,14-15H2,1-6H3,(H,27,32)(H,28,33)/t18-,19+,20+,21-,22-/m1/s1. The fourth-order valence-electron chi connectivity index (χ4n) is 3.95. The molecule has 0 unspecified atom stereocenters. The van der Waals surface area contributed by atoms with Gasteiger partial charge in [-0.1, -0.05) is 66.0 Å². The normalized spacial score (nSPS) is 19.4. The maximum absolute atomic E-state index is 12.8. The summed E-state index contributed by atoms with van der Waals surface area (Å²) in [5.41, 5.74) is -0.254. The van der Waals surface area contributed by atoms with E-state index in [1.807, 2.05) is 20.8 Å². The second kappa shape index (κ2) is 15.3. The lowest BCUT2D eigenvalue weighted by Crippen LogP contribution is -2.57. The molecule has 208 valence electrons. The Morgan fingerprint density at radius 2 is 1.61 bits per heavy atom. The summed E-state index contributed by atoms with van der Waals surface area (Å²) in [4.78, 5) is 37.6. The smallest absolute Gasteiger partial charge is 0.308 e. The van der Waals surface area contributed by atoms with Crippen LogP contribution in [0.4, 0.5) is 0 Å². The lowest BCUT2D eigenvalue weighted by molar-refractivity contribution is -0.151. The van der Waals surface area contributed by atoms with Crippen molar-refractivity contribution in [2.24, 2.45) is 17.3 Å². The van der Waals surface area contributed by atoms with Crippen molar-refractivity contribution in [1.29, 1.82) is 0 Å². The maximum Gasteiger partial charge on any atom is 0.308 e. The number of hydrogen-bond acceptors (Lipinski definition) is 8. The number of hydrogen-bond donors (Lipinski definition) is 5. The van der Waals surface area contributed by atoms with E-state index >= 15 is 0 Å².